The van der Waals surface area contributed by atoms with Crippen molar-refractivity contribution in [3.8, 4) is 17.4 Å². The maximum Gasteiger partial charge on any atom is 0.336 e. The maximum atomic E-state index is 13.4. The molecule has 0 saturated carbocycles. The molecule has 8 heteroatoms. The molecule has 2 aromatic carbocycles. The molecule has 1 atom stereocenters. The Bertz CT molecular complexity index is 1540. The van der Waals surface area contributed by atoms with Crippen LogP contribution in [-0.4, -0.2) is 23.7 Å². The molecular formula is C28H24N2O6. The summed E-state index contributed by atoms with van der Waals surface area (Å²) < 4.78 is 11.6. The fourth-order valence-electron chi connectivity index (χ4n) is 4.55. The van der Waals surface area contributed by atoms with Gasteiger partial charge in [0.15, 0.2) is 5.43 Å². The Balaban J connectivity index is 2.01. The van der Waals surface area contributed by atoms with Crippen molar-refractivity contribution >= 4 is 22.9 Å². The number of carbonyl (C=O) groups is 2. The Labute approximate surface area is 207 Å². The fraction of sp³-hybridized carbons (Fsp3) is 0.214. The number of nitrogens with one attached hydrogen (secondary N) is 1. The number of hydrogen-bond acceptors (Lipinski definition) is 7. The van der Waals surface area contributed by atoms with Gasteiger partial charge in [-0.1, -0.05) is 42.5 Å². The first-order valence-corrected chi connectivity index (χ1v) is 11.3. The van der Waals surface area contributed by atoms with Crippen molar-refractivity contribution in [1.29, 1.82) is 5.26 Å². The largest absolute Gasteiger partial charge is 0.478 e. The molecule has 0 aliphatic carbocycles. The molecule has 0 saturated heterocycles. The Morgan fingerprint density at radius 2 is 1.75 bits per heavy atom. The highest BCUT2D eigenvalue weighted by atomic mass is 16.5. The molecule has 2 N–H and O–H groups in total. The van der Waals surface area contributed by atoms with Crippen LogP contribution in [0.1, 0.15) is 37.3 Å². The van der Waals surface area contributed by atoms with Gasteiger partial charge in [0.25, 0.3) is 0 Å². The fourth-order valence-corrected chi connectivity index (χ4v) is 4.55. The van der Waals surface area contributed by atoms with Gasteiger partial charge in [0.05, 0.1) is 34.9 Å². The van der Waals surface area contributed by atoms with Crippen LogP contribution in [-0.2, 0) is 14.3 Å². The summed E-state index contributed by atoms with van der Waals surface area (Å²) in [4.78, 5) is 38.9. The second kappa shape index (κ2) is 9.92. The monoisotopic (exact) mass is 484 g/mol. The first-order chi connectivity index (χ1) is 17.3. The summed E-state index contributed by atoms with van der Waals surface area (Å²) in [5, 5.41) is 22.2. The van der Waals surface area contributed by atoms with E-state index in [1.165, 1.54) is 0 Å². The van der Waals surface area contributed by atoms with E-state index in [1.54, 1.807) is 39.0 Å². The van der Waals surface area contributed by atoms with Crippen LogP contribution in [0.15, 0.2) is 80.3 Å². The minimum absolute atomic E-state index is 0.000325. The molecule has 0 radical (unpaired) electrons. The van der Waals surface area contributed by atoms with Gasteiger partial charge in [0.1, 0.15) is 18.0 Å². The number of carbonyl (C=O) groups excluding carboxylic acids is 1. The van der Waals surface area contributed by atoms with E-state index in [-0.39, 0.29) is 40.6 Å². The van der Waals surface area contributed by atoms with Crippen molar-refractivity contribution < 1.29 is 23.8 Å². The lowest BCUT2D eigenvalue weighted by molar-refractivity contribution is -0.139. The molecule has 0 fully saturated rings. The summed E-state index contributed by atoms with van der Waals surface area (Å²) in [6.07, 6.45) is -0.000325. The van der Waals surface area contributed by atoms with E-state index < -0.39 is 17.9 Å². The number of allylic oxidation sites excluding steroid dienone is 2. The van der Waals surface area contributed by atoms with Crippen LogP contribution in [0.5, 0.6) is 0 Å². The molecule has 1 aliphatic rings. The van der Waals surface area contributed by atoms with Crippen LogP contribution in [0.2, 0.25) is 0 Å². The number of benzene rings is 2. The van der Waals surface area contributed by atoms with Gasteiger partial charge in [-0.2, -0.15) is 5.26 Å². The standard InChI is InChI=1S/C28H24N2O6/c1-15-24(31)20-12-7-11-19(26(20)36-25(15)18-9-5-4-6-10-18)23-21(27(32)33)16(2)30-17(3)22(23)28(34)35-14-8-13-29/h4-7,9-12,23,30H,8,14H2,1-3H3,(H,32,33). The third kappa shape index (κ3) is 4.27. The number of dihydropyridines is 1. The number of rotatable bonds is 6. The van der Waals surface area contributed by atoms with Gasteiger partial charge in [-0.15, -0.1) is 0 Å². The molecule has 3 aromatic rings. The number of fused-ring (bicyclic) bond motifs is 1. The van der Waals surface area contributed by atoms with Crippen molar-refractivity contribution in [2.45, 2.75) is 33.1 Å². The molecule has 0 spiro atoms. The quantitative estimate of drug-likeness (QED) is 0.385. The lowest BCUT2D eigenvalue weighted by Gasteiger charge is -2.30. The number of hydrogen-bond donors (Lipinski definition) is 2. The predicted molar refractivity (Wildman–Crippen MR) is 133 cm³/mol. The zero-order valence-corrected chi connectivity index (χ0v) is 20.0. The minimum Gasteiger partial charge on any atom is -0.478 e. The molecular weight excluding hydrogens is 460 g/mol. The van der Waals surface area contributed by atoms with Crippen LogP contribution in [0, 0.1) is 18.3 Å². The zero-order valence-electron chi connectivity index (χ0n) is 20.0. The second-order valence-corrected chi connectivity index (χ2v) is 8.46. The lowest BCUT2D eigenvalue weighted by Crippen LogP contribution is -2.32. The Kier molecular flexibility index (Phi) is 6.75. The molecule has 36 heavy (non-hydrogen) atoms. The molecule has 0 amide bonds. The smallest absolute Gasteiger partial charge is 0.336 e. The third-order valence-electron chi connectivity index (χ3n) is 6.18. The molecule has 8 nitrogen and oxygen atoms in total. The van der Waals surface area contributed by atoms with E-state index in [0.717, 1.165) is 0 Å². The molecule has 0 bridgehead atoms. The van der Waals surface area contributed by atoms with Gasteiger partial charge < -0.3 is 19.6 Å². The van der Waals surface area contributed by atoms with Crippen LogP contribution in [0.4, 0.5) is 0 Å². The molecule has 182 valence electrons. The molecule has 2 heterocycles. The van der Waals surface area contributed by atoms with Gasteiger partial charge in [-0.25, -0.2) is 9.59 Å². The molecule has 4 rings (SSSR count). The number of carboxylic acids is 1. The van der Waals surface area contributed by atoms with Crippen molar-refractivity contribution in [3.63, 3.8) is 0 Å². The summed E-state index contributed by atoms with van der Waals surface area (Å²) in [7, 11) is 0. The first kappa shape index (κ1) is 24.5. The van der Waals surface area contributed by atoms with Crippen LogP contribution >= 0.6 is 0 Å². The van der Waals surface area contributed by atoms with Crippen molar-refractivity contribution in [1.82, 2.24) is 5.32 Å². The van der Waals surface area contributed by atoms with E-state index in [0.29, 0.717) is 33.8 Å². The second-order valence-electron chi connectivity index (χ2n) is 8.46. The Hall–Kier alpha value is -4.64. The highest BCUT2D eigenvalue weighted by molar-refractivity contribution is 6.01. The highest BCUT2D eigenvalue weighted by Gasteiger charge is 2.39. The SMILES string of the molecule is CC1=C(C(=O)O)C(c2cccc3c(=O)c(C)c(-c4ccccc4)oc23)C(C(=O)OCCC#N)=C(C)N1. The number of nitriles is 1. The Morgan fingerprint density at radius 1 is 1.06 bits per heavy atom. The number of nitrogens with zero attached hydrogens (tertiary/aromatic N) is 1. The normalized spacial score (nSPS) is 15.4. The Morgan fingerprint density at radius 3 is 2.42 bits per heavy atom. The maximum absolute atomic E-state index is 13.4. The van der Waals surface area contributed by atoms with Crippen LogP contribution < -0.4 is 10.7 Å². The molecule has 1 aliphatic heterocycles. The van der Waals surface area contributed by atoms with Gasteiger partial charge in [-0.05, 0) is 26.8 Å². The number of aliphatic carboxylic acids is 1. The van der Waals surface area contributed by atoms with Crippen molar-refractivity contribution in [2.24, 2.45) is 0 Å². The van der Waals surface area contributed by atoms with E-state index >= 15 is 0 Å². The number of carboxylic acid groups (broad SMARTS) is 1. The van der Waals surface area contributed by atoms with Gasteiger partial charge in [0.2, 0.25) is 0 Å². The average Bonchev–Trinajstić information content (AvgIpc) is 2.85. The van der Waals surface area contributed by atoms with Gasteiger partial charge in [0, 0.05) is 28.1 Å². The summed E-state index contributed by atoms with van der Waals surface area (Å²) in [6, 6.07) is 16.0. The minimum atomic E-state index is -1.23. The topological polar surface area (TPSA) is 130 Å². The molecule has 1 aromatic heterocycles. The predicted octanol–water partition coefficient (Wildman–Crippen LogP) is 4.54. The summed E-state index contributed by atoms with van der Waals surface area (Å²) in [6.45, 7) is 4.81. The number of ether oxygens (including phenoxy) is 1. The van der Waals surface area contributed by atoms with Gasteiger partial charge in [-0.3, -0.25) is 4.79 Å². The highest BCUT2D eigenvalue weighted by Crippen LogP contribution is 2.42. The summed E-state index contributed by atoms with van der Waals surface area (Å²) in [5.74, 6) is -2.68. The zero-order chi connectivity index (χ0) is 26.0. The van der Waals surface area contributed by atoms with Gasteiger partial charge >= 0.3 is 11.9 Å². The number of esters is 1. The van der Waals surface area contributed by atoms with E-state index in [9.17, 15) is 19.5 Å². The average molecular weight is 485 g/mol. The molecule has 1 unspecified atom stereocenters. The first-order valence-electron chi connectivity index (χ1n) is 11.3. The van der Waals surface area contributed by atoms with Crippen LogP contribution in [0.3, 0.4) is 0 Å². The van der Waals surface area contributed by atoms with Crippen LogP contribution in [0.25, 0.3) is 22.3 Å². The van der Waals surface area contributed by atoms with Crippen molar-refractivity contribution in [2.75, 3.05) is 6.61 Å². The van der Waals surface area contributed by atoms with E-state index in [4.69, 9.17) is 14.4 Å². The van der Waals surface area contributed by atoms with Crippen molar-refractivity contribution in [3.05, 3.63) is 92.4 Å². The lowest BCUT2D eigenvalue weighted by atomic mass is 9.79. The third-order valence-corrected chi connectivity index (χ3v) is 6.18. The number of para-hydroxylation sites is 1. The van der Waals surface area contributed by atoms with E-state index in [1.807, 2.05) is 36.4 Å². The van der Waals surface area contributed by atoms with E-state index in [2.05, 4.69) is 5.32 Å². The summed E-state index contributed by atoms with van der Waals surface area (Å²) in [5.41, 5.74) is 2.20. The summed E-state index contributed by atoms with van der Waals surface area (Å²) >= 11 is 0.